The minimum atomic E-state index is 0.613. The summed E-state index contributed by atoms with van der Waals surface area (Å²) in [6.45, 7) is 2.73. The molecule has 116 valence electrons. The van der Waals surface area contributed by atoms with Crippen LogP contribution in [0.25, 0.3) is 22.3 Å². The molecule has 0 unspecified atom stereocenters. The highest BCUT2D eigenvalue weighted by Gasteiger charge is 2.09. The van der Waals surface area contributed by atoms with Gasteiger partial charge >= 0.3 is 0 Å². The van der Waals surface area contributed by atoms with Crippen molar-refractivity contribution < 1.29 is 4.18 Å². The molecule has 0 aliphatic heterocycles. The van der Waals surface area contributed by atoms with Gasteiger partial charge in [0.25, 0.3) is 0 Å². The summed E-state index contributed by atoms with van der Waals surface area (Å²) in [7, 11) is 1.37. The molecule has 3 aromatic carbocycles. The van der Waals surface area contributed by atoms with Gasteiger partial charge in [0.05, 0.1) is 15.8 Å². The zero-order valence-corrected chi connectivity index (χ0v) is 15.8. The standard InChI is InChI=1S/C20H17IOS/c1-15-7-10-18(11-8-15)19-12-9-16(14-22-23-21)13-20(19)17-5-3-2-4-6-17/h2-13H,14H2,1H3. The largest absolute Gasteiger partial charge is 0.301 e. The lowest BCUT2D eigenvalue weighted by Crippen LogP contribution is -1.91. The molecule has 23 heavy (non-hydrogen) atoms. The Morgan fingerprint density at radius 2 is 1.52 bits per heavy atom. The van der Waals surface area contributed by atoms with Crippen LogP contribution in [0.5, 0.6) is 0 Å². The fourth-order valence-electron chi connectivity index (χ4n) is 2.61. The van der Waals surface area contributed by atoms with Crippen LogP contribution in [0.4, 0.5) is 0 Å². The molecule has 3 heteroatoms. The van der Waals surface area contributed by atoms with Crippen LogP contribution < -0.4 is 0 Å². The maximum Gasteiger partial charge on any atom is 0.0874 e. The zero-order valence-electron chi connectivity index (χ0n) is 12.8. The van der Waals surface area contributed by atoms with Gasteiger partial charge in [0.2, 0.25) is 0 Å². The number of hydrogen-bond donors (Lipinski definition) is 0. The minimum absolute atomic E-state index is 0.613. The number of hydrogen-bond acceptors (Lipinski definition) is 2. The highest BCUT2D eigenvalue weighted by Crippen LogP contribution is 2.33. The maximum absolute atomic E-state index is 5.48. The molecule has 0 atom stereocenters. The van der Waals surface area contributed by atoms with E-state index in [-0.39, 0.29) is 0 Å². The van der Waals surface area contributed by atoms with Crippen LogP contribution in [-0.4, -0.2) is 0 Å². The molecule has 0 aromatic heterocycles. The summed E-state index contributed by atoms with van der Waals surface area (Å²) >= 11 is 2.15. The Labute approximate surface area is 153 Å². The fraction of sp³-hybridized carbons (Fsp3) is 0.100. The van der Waals surface area contributed by atoms with Gasteiger partial charge in [0.1, 0.15) is 0 Å². The van der Waals surface area contributed by atoms with Crippen molar-refractivity contribution in [3.8, 4) is 22.3 Å². The average Bonchev–Trinajstić information content (AvgIpc) is 2.61. The molecular weight excluding hydrogens is 415 g/mol. The van der Waals surface area contributed by atoms with Crippen molar-refractivity contribution in [3.63, 3.8) is 0 Å². The molecule has 3 rings (SSSR count). The van der Waals surface area contributed by atoms with Crippen molar-refractivity contribution in [3.05, 3.63) is 83.9 Å². The van der Waals surface area contributed by atoms with Crippen LogP contribution in [0.1, 0.15) is 11.1 Å². The second kappa shape index (κ2) is 7.99. The van der Waals surface area contributed by atoms with Crippen molar-refractivity contribution in [1.82, 2.24) is 0 Å². The molecule has 0 bridgehead atoms. The molecule has 0 radical (unpaired) electrons. The topological polar surface area (TPSA) is 9.23 Å². The summed E-state index contributed by atoms with van der Waals surface area (Å²) < 4.78 is 5.48. The molecule has 0 amide bonds. The van der Waals surface area contributed by atoms with Crippen molar-refractivity contribution in [2.75, 3.05) is 0 Å². The Bertz CT molecular complexity index is 769. The summed E-state index contributed by atoms with van der Waals surface area (Å²) in [4.78, 5) is 0. The number of benzene rings is 3. The number of aryl methyl sites for hydroxylation is 1. The lowest BCUT2D eigenvalue weighted by molar-refractivity contribution is 0.371. The van der Waals surface area contributed by atoms with E-state index >= 15 is 0 Å². The van der Waals surface area contributed by atoms with Crippen molar-refractivity contribution in [2.45, 2.75) is 13.5 Å². The predicted octanol–water partition coefficient (Wildman–Crippen LogP) is 6.84. The van der Waals surface area contributed by atoms with Gasteiger partial charge in [-0.1, -0.05) is 72.3 Å². The van der Waals surface area contributed by atoms with E-state index in [9.17, 15) is 0 Å². The lowest BCUT2D eigenvalue weighted by atomic mass is 9.92. The predicted molar refractivity (Wildman–Crippen MR) is 108 cm³/mol. The first-order valence-electron chi connectivity index (χ1n) is 7.43. The first-order valence-corrected chi connectivity index (χ1v) is 10.7. The molecule has 1 nitrogen and oxygen atoms in total. The highest BCUT2D eigenvalue weighted by atomic mass is 127. The maximum atomic E-state index is 5.48. The summed E-state index contributed by atoms with van der Waals surface area (Å²) in [6.07, 6.45) is 0. The smallest absolute Gasteiger partial charge is 0.0874 e. The highest BCUT2D eigenvalue weighted by molar-refractivity contribution is 14.2. The summed E-state index contributed by atoms with van der Waals surface area (Å²) in [5.41, 5.74) is 7.43. The van der Waals surface area contributed by atoms with E-state index < -0.39 is 0 Å². The molecule has 0 spiro atoms. The summed E-state index contributed by atoms with van der Waals surface area (Å²) in [6, 6.07) is 25.8. The normalized spacial score (nSPS) is 10.7. The Balaban J connectivity index is 2.09. The Hall–Kier alpha value is -1.30. The molecule has 3 aromatic rings. The summed E-state index contributed by atoms with van der Waals surface area (Å²) in [5.74, 6) is 0. The van der Waals surface area contributed by atoms with E-state index in [1.807, 2.05) is 0 Å². The van der Waals surface area contributed by atoms with Crippen LogP contribution in [0.2, 0.25) is 0 Å². The molecule has 0 saturated carbocycles. The van der Waals surface area contributed by atoms with Gasteiger partial charge in [0.15, 0.2) is 0 Å². The quantitative estimate of drug-likeness (QED) is 0.322. The van der Waals surface area contributed by atoms with Crippen LogP contribution in [0.15, 0.2) is 72.8 Å². The van der Waals surface area contributed by atoms with E-state index in [0.29, 0.717) is 6.61 Å². The number of halogens is 1. The second-order valence-electron chi connectivity index (χ2n) is 5.44. The van der Waals surface area contributed by atoms with Gasteiger partial charge in [-0.25, -0.2) is 0 Å². The van der Waals surface area contributed by atoms with Crippen LogP contribution in [-0.2, 0) is 10.8 Å². The van der Waals surface area contributed by atoms with Gasteiger partial charge in [-0.15, -0.1) is 0 Å². The summed E-state index contributed by atoms with van der Waals surface area (Å²) in [5, 5.41) is 0. The Morgan fingerprint density at radius 1 is 0.826 bits per heavy atom. The van der Waals surface area contributed by atoms with Crippen LogP contribution in [0.3, 0.4) is 0 Å². The molecule has 0 saturated heterocycles. The van der Waals surface area contributed by atoms with Gasteiger partial charge in [-0.05, 0) is 40.8 Å². The minimum Gasteiger partial charge on any atom is -0.301 e. The third-order valence-corrected chi connectivity index (χ3v) is 4.77. The van der Waals surface area contributed by atoms with E-state index in [4.69, 9.17) is 4.18 Å². The van der Waals surface area contributed by atoms with E-state index in [1.165, 1.54) is 42.6 Å². The SMILES string of the molecule is Cc1ccc(-c2ccc(COSI)cc2-c2ccccc2)cc1. The molecule has 0 N–H and O–H groups in total. The van der Waals surface area contributed by atoms with Crippen molar-refractivity contribution in [2.24, 2.45) is 0 Å². The monoisotopic (exact) mass is 432 g/mol. The Kier molecular flexibility index (Phi) is 5.75. The average molecular weight is 432 g/mol. The van der Waals surface area contributed by atoms with Gasteiger partial charge in [-0.3, -0.25) is 0 Å². The first kappa shape index (κ1) is 16.6. The van der Waals surface area contributed by atoms with Gasteiger partial charge in [-0.2, -0.15) is 0 Å². The zero-order chi connectivity index (χ0) is 16.1. The van der Waals surface area contributed by atoms with Gasteiger partial charge < -0.3 is 4.18 Å². The van der Waals surface area contributed by atoms with E-state index in [0.717, 1.165) is 0 Å². The molecule has 0 aliphatic carbocycles. The number of rotatable bonds is 5. The third kappa shape index (κ3) is 4.16. The molecule has 0 aliphatic rings. The molecule has 0 fully saturated rings. The van der Waals surface area contributed by atoms with E-state index in [1.54, 1.807) is 0 Å². The van der Waals surface area contributed by atoms with Crippen molar-refractivity contribution >= 4 is 30.4 Å². The second-order valence-corrected chi connectivity index (χ2v) is 6.88. The fourth-order valence-corrected chi connectivity index (χ4v) is 3.17. The van der Waals surface area contributed by atoms with E-state index in [2.05, 4.69) is 101 Å². The molecule has 0 heterocycles. The lowest BCUT2D eigenvalue weighted by Gasteiger charge is -2.13. The molecular formula is C20H17IOS. The van der Waals surface area contributed by atoms with Gasteiger partial charge in [0, 0.05) is 21.2 Å². The van der Waals surface area contributed by atoms with Crippen molar-refractivity contribution in [1.29, 1.82) is 0 Å². The first-order chi connectivity index (χ1) is 11.3. The Morgan fingerprint density at radius 3 is 2.22 bits per heavy atom. The third-order valence-electron chi connectivity index (χ3n) is 3.80. The van der Waals surface area contributed by atoms with Crippen LogP contribution >= 0.6 is 30.4 Å². The van der Waals surface area contributed by atoms with Crippen LogP contribution in [0, 0.1) is 6.92 Å².